The van der Waals surface area contributed by atoms with Gasteiger partial charge in [-0.05, 0) is 31.0 Å². The summed E-state index contributed by atoms with van der Waals surface area (Å²) in [6.07, 6.45) is 4.15. The Morgan fingerprint density at radius 3 is 2.81 bits per heavy atom. The van der Waals surface area contributed by atoms with E-state index in [0.29, 0.717) is 18.1 Å². The average Bonchev–Trinajstić information content (AvgIpc) is 2.92. The molecule has 0 saturated heterocycles. The molecule has 114 valence electrons. The molecule has 0 unspecified atom stereocenters. The predicted molar refractivity (Wildman–Crippen MR) is 80.5 cm³/mol. The highest BCUT2D eigenvalue weighted by Crippen LogP contribution is 2.30. The number of benzene rings is 1. The second-order valence-corrected chi connectivity index (χ2v) is 4.95. The van der Waals surface area contributed by atoms with Crippen molar-refractivity contribution in [3.63, 3.8) is 0 Å². The summed E-state index contributed by atoms with van der Waals surface area (Å²) in [6.45, 7) is 5.21. The molecule has 0 saturated carbocycles. The number of hydrogen-bond donors (Lipinski definition) is 1. The van der Waals surface area contributed by atoms with E-state index in [9.17, 15) is 5.11 Å². The summed E-state index contributed by atoms with van der Waals surface area (Å²) in [5, 5.41) is 9.60. The van der Waals surface area contributed by atoms with E-state index in [4.69, 9.17) is 9.47 Å². The van der Waals surface area contributed by atoms with Gasteiger partial charge in [0.25, 0.3) is 0 Å². The smallest absolute Gasteiger partial charge is 0.161 e. The minimum absolute atomic E-state index is 0.435. The highest BCUT2D eigenvalue weighted by Gasteiger charge is 2.10. The van der Waals surface area contributed by atoms with E-state index in [1.54, 1.807) is 20.1 Å². The Balaban J connectivity index is 2.10. The van der Waals surface area contributed by atoms with Crippen molar-refractivity contribution in [3.8, 4) is 11.5 Å². The first-order valence-corrected chi connectivity index (χ1v) is 7.13. The lowest BCUT2D eigenvalue weighted by molar-refractivity contribution is 0.198. The van der Waals surface area contributed by atoms with Crippen molar-refractivity contribution in [2.45, 2.75) is 39.5 Å². The van der Waals surface area contributed by atoms with Gasteiger partial charge in [-0.15, -0.1) is 0 Å². The third-order valence-electron chi connectivity index (χ3n) is 3.31. The first-order valence-electron chi connectivity index (χ1n) is 7.13. The summed E-state index contributed by atoms with van der Waals surface area (Å²) in [6, 6.07) is 5.45. The number of hydrogen-bond acceptors (Lipinski definition) is 4. The fourth-order valence-electron chi connectivity index (χ4n) is 2.13. The molecule has 0 aliphatic rings. The van der Waals surface area contributed by atoms with Crippen LogP contribution in [0.1, 0.15) is 37.6 Å². The van der Waals surface area contributed by atoms with E-state index in [2.05, 4.69) is 16.5 Å². The number of methoxy groups -OCH3 is 1. The van der Waals surface area contributed by atoms with Crippen LogP contribution in [0.5, 0.6) is 11.5 Å². The van der Waals surface area contributed by atoms with Gasteiger partial charge in [-0.3, -0.25) is 0 Å². The quantitative estimate of drug-likeness (QED) is 0.852. The molecule has 1 aromatic carbocycles. The van der Waals surface area contributed by atoms with E-state index >= 15 is 0 Å². The van der Waals surface area contributed by atoms with Crippen molar-refractivity contribution in [3.05, 3.63) is 42.0 Å². The minimum Gasteiger partial charge on any atom is -0.493 e. The molecule has 1 aromatic heterocycles. The van der Waals surface area contributed by atoms with Crippen LogP contribution in [0, 0.1) is 0 Å². The molecule has 1 N–H and O–H groups in total. The molecule has 2 aromatic rings. The number of ether oxygens (including phenoxy) is 2. The Kier molecular flexibility index (Phi) is 5.22. The number of aliphatic hydroxyl groups excluding tert-OH is 1. The third-order valence-corrected chi connectivity index (χ3v) is 3.31. The van der Waals surface area contributed by atoms with Crippen molar-refractivity contribution >= 4 is 0 Å². The fraction of sp³-hybridized carbons (Fsp3) is 0.438. The summed E-state index contributed by atoms with van der Waals surface area (Å²) in [7, 11) is 1.59. The van der Waals surface area contributed by atoms with Gasteiger partial charge in [0.05, 0.1) is 31.4 Å². The SMILES string of the molecule is CCCn1cncc1COc1ccc([C@H](C)O)cc1OC. The molecule has 0 amide bonds. The van der Waals surface area contributed by atoms with Crippen molar-refractivity contribution in [2.24, 2.45) is 0 Å². The third kappa shape index (κ3) is 3.76. The number of imidazole rings is 1. The number of nitrogens with zero attached hydrogens (tertiary/aromatic N) is 2. The number of aryl methyl sites for hydroxylation is 1. The summed E-state index contributed by atoms with van der Waals surface area (Å²) < 4.78 is 13.2. The van der Waals surface area contributed by atoms with E-state index < -0.39 is 6.10 Å². The van der Waals surface area contributed by atoms with E-state index in [1.807, 2.05) is 24.7 Å². The molecule has 0 spiro atoms. The van der Waals surface area contributed by atoms with Crippen molar-refractivity contribution in [1.82, 2.24) is 9.55 Å². The van der Waals surface area contributed by atoms with Gasteiger partial charge in [0.1, 0.15) is 6.61 Å². The van der Waals surface area contributed by atoms with Crippen LogP contribution in [0.4, 0.5) is 0 Å². The molecule has 5 nitrogen and oxygen atoms in total. The first kappa shape index (κ1) is 15.4. The van der Waals surface area contributed by atoms with Crippen LogP contribution in [0.2, 0.25) is 0 Å². The van der Waals surface area contributed by atoms with Crippen LogP contribution >= 0.6 is 0 Å². The molecule has 2 rings (SSSR count). The lowest BCUT2D eigenvalue weighted by Gasteiger charge is -2.14. The lowest BCUT2D eigenvalue weighted by Crippen LogP contribution is -2.05. The standard InChI is InChI=1S/C16H22N2O3/c1-4-7-18-11-17-9-14(18)10-21-15-6-5-13(12(2)19)8-16(15)20-3/h5-6,8-9,11-12,19H,4,7,10H2,1-3H3/t12-/m0/s1. The van der Waals surface area contributed by atoms with Gasteiger partial charge in [-0.25, -0.2) is 4.98 Å². The van der Waals surface area contributed by atoms with Gasteiger partial charge in [-0.1, -0.05) is 13.0 Å². The van der Waals surface area contributed by atoms with E-state index in [-0.39, 0.29) is 0 Å². The van der Waals surface area contributed by atoms with Crippen LogP contribution < -0.4 is 9.47 Å². The topological polar surface area (TPSA) is 56.5 Å². The monoisotopic (exact) mass is 290 g/mol. The first-order chi connectivity index (χ1) is 10.2. The Labute approximate surface area is 125 Å². The number of aliphatic hydroxyl groups is 1. The molecule has 21 heavy (non-hydrogen) atoms. The second-order valence-electron chi connectivity index (χ2n) is 4.95. The number of aromatic nitrogens is 2. The van der Waals surface area contributed by atoms with Crippen LogP contribution in [0.3, 0.4) is 0 Å². The van der Waals surface area contributed by atoms with Crippen LogP contribution in [-0.4, -0.2) is 21.8 Å². The zero-order valence-electron chi connectivity index (χ0n) is 12.7. The molecule has 1 atom stereocenters. The molecular weight excluding hydrogens is 268 g/mol. The van der Waals surface area contributed by atoms with Gasteiger partial charge in [0, 0.05) is 6.54 Å². The Morgan fingerprint density at radius 2 is 2.14 bits per heavy atom. The predicted octanol–water partition coefficient (Wildman–Crippen LogP) is 2.93. The van der Waals surface area contributed by atoms with Gasteiger partial charge in [0.2, 0.25) is 0 Å². The summed E-state index contributed by atoms with van der Waals surface area (Å²) in [5.41, 5.74) is 1.83. The van der Waals surface area contributed by atoms with Crippen molar-refractivity contribution in [2.75, 3.05) is 7.11 Å². The van der Waals surface area contributed by atoms with Gasteiger partial charge in [0.15, 0.2) is 11.5 Å². The molecule has 1 heterocycles. The van der Waals surface area contributed by atoms with Gasteiger partial charge in [-0.2, -0.15) is 0 Å². The zero-order chi connectivity index (χ0) is 15.2. The molecule has 0 aliphatic carbocycles. The molecule has 0 aliphatic heterocycles. The lowest BCUT2D eigenvalue weighted by atomic mass is 10.1. The van der Waals surface area contributed by atoms with E-state index in [1.165, 1.54) is 0 Å². The Morgan fingerprint density at radius 1 is 1.33 bits per heavy atom. The number of rotatable bonds is 7. The average molecular weight is 290 g/mol. The maximum Gasteiger partial charge on any atom is 0.161 e. The zero-order valence-corrected chi connectivity index (χ0v) is 12.7. The summed E-state index contributed by atoms with van der Waals surface area (Å²) in [5.74, 6) is 1.28. The fourth-order valence-corrected chi connectivity index (χ4v) is 2.13. The van der Waals surface area contributed by atoms with Crippen LogP contribution in [-0.2, 0) is 13.2 Å². The van der Waals surface area contributed by atoms with Crippen LogP contribution in [0.25, 0.3) is 0 Å². The maximum absolute atomic E-state index is 9.60. The summed E-state index contributed by atoms with van der Waals surface area (Å²) in [4.78, 5) is 4.15. The van der Waals surface area contributed by atoms with Crippen molar-refractivity contribution in [1.29, 1.82) is 0 Å². The molecule has 0 radical (unpaired) electrons. The van der Waals surface area contributed by atoms with E-state index in [0.717, 1.165) is 24.2 Å². The summed E-state index contributed by atoms with van der Waals surface area (Å²) >= 11 is 0. The van der Waals surface area contributed by atoms with Gasteiger partial charge < -0.3 is 19.1 Å². The van der Waals surface area contributed by atoms with Gasteiger partial charge >= 0.3 is 0 Å². The highest BCUT2D eigenvalue weighted by molar-refractivity contribution is 5.43. The highest BCUT2D eigenvalue weighted by atomic mass is 16.5. The normalized spacial score (nSPS) is 12.2. The Bertz CT molecular complexity index is 579. The largest absolute Gasteiger partial charge is 0.493 e. The second kappa shape index (κ2) is 7.13. The minimum atomic E-state index is -0.529. The Hall–Kier alpha value is -2.01. The van der Waals surface area contributed by atoms with Crippen LogP contribution in [0.15, 0.2) is 30.7 Å². The molecule has 0 fully saturated rings. The maximum atomic E-state index is 9.60. The molecular formula is C16H22N2O3. The molecule has 5 heteroatoms. The van der Waals surface area contributed by atoms with Crippen molar-refractivity contribution < 1.29 is 14.6 Å². The molecule has 0 bridgehead atoms.